The van der Waals surface area contributed by atoms with Gasteiger partial charge in [0.1, 0.15) is 0 Å². The molecule has 7 nitrogen and oxygen atoms in total. The summed E-state index contributed by atoms with van der Waals surface area (Å²) >= 11 is 0. The average molecular weight is 285 g/mol. The molecule has 0 aromatic heterocycles. The number of esters is 1. The van der Waals surface area contributed by atoms with Crippen LogP contribution in [0.2, 0.25) is 0 Å². The van der Waals surface area contributed by atoms with E-state index in [9.17, 15) is 4.79 Å². The number of carbonyl (C=O) groups excluding carboxylic acids is 1. The zero-order valence-electron chi connectivity index (χ0n) is 11.3. The van der Waals surface area contributed by atoms with Gasteiger partial charge in [0.25, 0.3) is 0 Å². The molecule has 0 aliphatic rings. The highest BCUT2D eigenvalue weighted by atomic mass is 32.3. The minimum absolute atomic E-state index is 0. The van der Waals surface area contributed by atoms with Crippen LogP contribution in [0.5, 0.6) is 0 Å². The molecule has 0 unspecified atom stereocenters. The molecule has 0 saturated heterocycles. The van der Waals surface area contributed by atoms with Gasteiger partial charge in [-0.3, -0.25) is 9.11 Å². The van der Waals surface area contributed by atoms with Gasteiger partial charge in [0.2, 0.25) is 0 Å². The zero-order chi connectivity index (χ0) is 14.1. The van der Waals surface area contributed by atoms with E-state index in [0.29, 0.717) is 6.61 Å². The predicted octanol–water partition coefficient (Wildman–Crippen LogP) is 2.20. The summed E-state index contributed by atoms with van der Waals surface area (Å²) in [4.78, 5) is 11.3. The molecule has 0 spiro atoms. The highest BCUT2D eigenvalue weighted by Crippen LogP contribution is 2.12. The molecule has 0 aliphatic carbocycles. The maximum atomic E-state index is 11.3. The van der Waals surface area contributed by atoms with Crippen molar-refractivity contribution in [2.24, 2.45) is 0 Å². The Morgan fingerprint density at radius 3 is 1.72 bits per heavy atom. The van der Waals surface area contributed by atoms with Gasteiger partial charge in [-0.1, -0.05) is 19.4 Å². The molecule has 0 fully saturated rings. The van der Waals surface area contributed by atoms with Crippen molar-refractivity contribution in [2.45, 2.75) is 40.5 Å². The Morgan fingerprint density at radius 2 is 1.50 bits per heavy atom. The number of hydrogen-bond acceptors (Lipinski definition) is 5. The number of carbonyl (C=O) groups is 1. The molecule has 0 saturated carbocycles. The fraction of sp³-hybridized carbons (Fsp3) is 0.700. The molecule has 18 heavy (non-hydrogen) atoms. The summed E-state index contributed by atoms with van der Waals surface area (Å²) in [5.74, 6) is -0.153. The highest BCUT2D eigenvalue weighted by molar-refractivity contribution is 7.79. The summed E-state index contributed by atoms with van der Waals surface area (Å²) in [5, 5.41) is 0. The number of ether oxygens (including phenoxy) is 1. The van der Waals surface area contributed by atoms with E-state index in [1.165, 1.54) is 0 Å². The molecule has 8 heteroatoms. The molecular weight excluding hydrogens is 262 g/mol. The molecule has 0 aliphatic heterocycles. The number of rotatable bonds is 4. The van der Waals surface area contributed by atoms with Crippen molar-refractivity contribution < 1.29 is 27.1 Å². The third-order valence-electron chi connectivity index (χ3n) is 1.92. The third-order valence-corrected chi connectivity index (χ3v) is 1.92. The van der Waals surface area contributed by atoms with Crippen molar-refractivity contribution >= 4 is 16.4 Å². The van der Waals surface area contributed by atoms with Crippen LogP contribution in [0.15, 0.2) is 11.1 Å². The second-order valence-electron chi connectivity index (χ2n) is 3.13. The van der Waals surface area contributed by atoms with Crippen LogP contribution in [-0.4, -0.2) is 30.1 Å². The van der Waals surface area contributed by atoms with Gasteiger partial charge in [-0.25, -0.2) is 4.79 Å². The summed E-state index contributed by atoms with van der Waals surface area (Å²) < 4.78 is 36.5. The first-order chi connectivity index (χ1) is 7.67. The SMILES string of the molecule is CCOC(=O)C(CC)=C(C)CC.N.O=S(=O)(O)O. The normalized spacial score (nSPS) is 11.4. The minimum Gasteiger partial charge on any atom is -0.463 e. The van der Waals surface area contributed by atoms with E-state index in [1.807, 2.05) is 27.7 Å². The Morgan fingerprint density at radius 1 is 1.11 bits per heavy atom. The van der Waals surface area contributed by atoms with Crippen molar-refractivity contribution in [2.75, 3.05) is 6.61 Å². The van der Waals surface area contributed by atoms with Crippen molar-refractivity contribution in [1.29, 1.82) is 0 Å². The largest absolute Gasteiger partial charge is 0.463 e. The third kappa shape index (κ3) is 15.0. The summed E-state index contributed by atoms with van der Waals surface area (Å²) in [6.45, 7) is 8.29. The van der Waals surface area contributed by atoms with Crippen LogP contribution in [0.1, 0.15) is 40.5 Å². The Bertz CT molecular complexity index is 353. The molecule has 0 radical (unpaired) electrons. The summed E-state index contributed by atoms with van der Waals surface area (Å²) in [7, 11) is -4.67. The lowest BCUT2D eigenvalue weighted by Crippen LogP contribution is -2.08. The quantitative estimate of drug-likeness (QED) is 0.409. The molecular formula is C10H23NO6S. The van der Waals surface area contributed by atoms with Crippen LogP contribution in [0.4, 0.5) is 0 Å². The van der Waals surface area contributed by atoms with E-state index in [2.05, 4.69) is 0 Å². The second kappa shape index (κ2) is 11.1. The molecule has 110 valence electrons. The zero-order valence-corrected chi connectivity index (χ0v) is 12.1. The van der Waals surface area contributed by atoms with Gasteiger partial charge < -0.3 is 10.9 Å². The van der Waals surface area contributed by atoms with E-state index < -0.39 is 10.4 Å². The molecule has 0 atom stereocenters. The van der Waals surface area contributed by atoms with Crippen LogP contribution in [-0.2, 0) is 19.9 Å². The van der Waals surface area contributed by atoms with Gasteiger partial charge in [-0.15, -0.1) is 0 Å². The summed E-state index contributed by atoms with van der Waals surface area (Å²) in [5.41, 5.74) is 1.97. The monoisotopic (exact) mass is 285 g/mol. The first-order valence-corrected chi connectivity index (χ1v) is 6.62. The highest BCUT2D eigenvalue weighted by Gasteiger charge is 2.10. The lowest BCUT2D eigenvalue weighted by molar-refractivity contribution is -0.138. The molecule has 0 rings (SSSR count). The van der Waals surface area contributed by atoms with E-state index >= 15 is 0 Å². The fourth-order valence-electron chi connectivity index (χ4n) is 1.05. The molecule has 0 bridgehead atoms. The van der Waals surface area contributed by atoms with Gasteiger partial charge in [0, 0.05) is 5.57 Å². The lowest BCUT2D eigenvalue weighted by Gasteiger charge is -2.07. The Hall–Kier alpha value is -0.960. The first-order valence-electron chi connectivity index (χ1n) is 5.22. The topological polar surface area (TPSA) is 136 Å². The predicted molar refractivity (Wildman–Crippen MR) is 69.1 cm³/mol. The van der Waals surface area contributed by atoms with E-state index in [4.69, 9.17) is 22.3 Å². The van der Waals surface area contributed by atoms with Crippen LogP contribution in [0.25, 0.3) is 0 Å². The van der Waals surface area contributed by atoms with Crippen molar-refractivity contribution in [3.05, 3.63) is 11.1 Å². The second-order valence-corrected chi connectivity index (χ2v) is 4.03. The lowest BCUT2D eigenvalue weighted by atomic mass is 10.1. The minimum atomic E-state index is -4.67. The van der Waals surface area contributed by atoms with Crippen LogP contribution < -0.4 is 6.15 Å². The Kier molecular flexibility index (Phi) is 13.8. The number of allylic oxidation sites excluding steroid dienone is 1. The van der Waals surface area contributed by atoms with Crippen LogP contribution in [0.3, 0.4) is 0 Å². The smallest absolute Gasteiger partial charge is 0.394 e. The first kappa shape index (κ1) is 22.2. The molecule has 0 heterocycles. The van der Waals surface area contributed by atoms with E-state index in [1.54, 1.807) is 0 Å². The van der Waals surface area contributed by atoms with Gasteiger partial charge in [0.15, 0.2) is 0 Å². The standard InChI is InChI=1S/C10H18O2.H3N.H2O4S/c1-5-8(4)9(6-2)10(11)12-7-3;;1-5(2,3)4/h5-7H2,1-4H3;1H3;(H2,1,2,3,4). The van der Waals surface area contributed by atoms with E-state index in [-0.39, 0.29) is 12.1 Å². The van der Waals surface area contributed by atoms with Gasteiger partial charge >= 0.3 is 16.4 Å². The van der Waals surface area contributed by atoms with Crippen LogP contribution in [0, 0.1) is 0 Å². The van der Waals surface area contributed by atoms with Crippen molar-refractivity contribution in [1.82, 2.24) is 6.15 Å². The van der Waals surface area contributed by atoms with Gasteiger partial charge in [-0.2, -0.15) is 8.42 Å². The Balaban J connectivity index is -0.000000321. The van der Waals surface area contributed by atoms with Gasteiger partial charge in [-0.05, 0) is 26.7 Å². The summed E-state index contributed by atoms with van der Waals surface area (Å²) in [6.07, 6.45) is 1.68. The molecule has 5 N–H and O–H groups in total. The van der Waals surface area contributed by atoms with Crippen molar-refractivity contribution in [3.63, 3.8) is 0 Å². The molecule has 0 aromatic carbocycles. The van der Waals surface area contributed by atoms with Crippen LogP contribution >= 0.6 is 0 Å². The number of hydrogen-bond donors (Lipinski definition) is 3. The fourth-order valence-corrected chi connectivity index (χ4v) is 1.05. The molecule has 0 aromatic rings. The average Bonchev–Trinajstić information content (AvgIpc) is 2.16. The summed E-state index contributed by atoms with van der Waals surface area (Å²) in [6, 6.07) is 0. The Labute approximate surface area is 108 Å². The van der Waals surface area contributed by atoms with E-state index in [0.717, 1.165) is 24.0 Å². The maximum Gasteiger partial charge on any atom is 0.394 e. The maximum absolute atomic E-state index is 11.3. The van der Waals surface area contributed by atoms with Crippen molar-refractivity contribution in [3.8, 4) is 0 Å². The molecule has 0 amide bonds. The van der Waals surface area contributed by atoms with Gasteiger partial charge in [0.05, 0.1) is 6.61 Å².